The maximum Gasteiger partial charge on any atom is 0.195 e. The molecule has 0 amide bonds. The molecule has 98 valence electrons. The molecule has 0 aliphatic carbocycles. The summed E-state index contributed by atoms with van der Waals surface area (Å²) in [6.45, 7) is 1.54. The predicted molar refractivity (Wildman–Crippen MR) is 76.8 cm³/mol. The molecule has 3 heterocycles. The summed E-state index contributed by atoms with van der Waals surface area (Å²) in [5.41, 5.74) is 1.01. The zero-order chi connectivity index (χ0) is 13.4. The van der Waals surface area contributed by atoms with E-state index in [0.717, 1.165) is 41.1 Å². The average molecular weight is 282 g/mol. The van der Waals surface area contributed by atoms with Crippen LogP contribution in [0, 0.1) is 0 Å². The van der Waals surface area contributed by atoms with Gasteiger partial charge in [0.25, 0.3) is 0 Å². The summed E-state index contributed by atoms with van der Waals surface area (Å²) in [6.07, 6.45) is 1.75. The number of aromatic nitrogens is 5. The van der Waals surface area contributed by atoms with Crippen LogP contribution in [0.1, 0.15) is 5.82 Å². The molecule has 3 aromatic rings. The summed E-state index contributed by atoms with van der Waals surface area (Å²) in [5.74, 6) is 2.28. The maximum absolute atomic E-state index is 4.57. The Hall–Kier alpha value is -2.41. The molecule has 1 aliphatic heterocycles. The van der Waals surface area contributed by atoms with E-state index in [1.54, 1.807) is 6.21 Å². The van der Waals surface area contributed by atoms with Crippen LogP contribution < -0.4 is 0 Å². The Balaban J connectivity index is 1.76. The SMILES string of the molecule is C1=NCCn2c1nnc2-c1nc(-c2ccccc2)ns1. The van der Waals surface area contributed by atoms with Crippen molar-refractivity contribution in [2.45, 2.75) is 6.54 Å². The van der Waals surface area contributed by atoms with Gasteiger partial charge >= 0.3 is 0 Å². The van der Waals surface area contributed by atoms with Crippen molar-refractivity contribution in [1.29, 1.82) is 0 Å². The average Bonchev–Trinajstić information content (AvgIpc) is 3.14. The van der Waals surface area contributed by atoms with Gasteiger partial charge in [-0.05, 0) is 11.5 Å². The summed E-state index contributed by atoms with van der Waals surface area (Å²) >= 11 is 1.35. The van der Waals surface area contributed by atoms with Crippen molar-refractivity contribution in [2.24, 2.45) is 4.99 Å². The Labute approximate surface area is 119 Å². The molecule has 20 heavy (non-hydrogen) atoms. The number of nitrogens with zero attached hydrogens (tertiary/aromatic N) is 6. The highest BCUT2D eigenvalue weighted by Gasteiger charge is 2.18. The van der Waals surface area contributed by atoms with E-state index in [9.17, 15) is 0 Å². The van der Waals surface area contributed by atoms with Gasteiger partial charge in [0.05, 0.1) is 12.8 Å². The van der Waals surface area contributed by atoms with Crippen LogP contribution in [0.3, 0.4) is 0 Å². The Morgan fingerprint density at radius 1 is 1.10 bits per heavy atom. The summed E-state index contributed by atoms with van der Waals surface area (Å²) in [5, 5.41) is 9.11. The molecule has 0 unspecified atom stereocenters. The van der Waals surface area contributed by atoms with Gasteiger partial charge in [0.1, 0.15) is 0 Å². The monoisotopic (exact) mass is 282 g/mol. The molecule has 0 spiro atoms. The van der Waals surface area contributed by atoms with E-state index >= 15 is 0 Å². The third-order valence-corrected chi connectivity index (χ3v) is 3.80. The molecule has 2 aromatic heterocycles. The minimum absolute atomic E-state index is 0.729. The minimum atomic E-state index is 0.729. The Morgan fingerprint density at radius 3 is 2.90 bits per heavy atom. The van der Waals surface area contributed by atoms with E-state index in [4.69, 9.17) is 0 Å². The standard InChI is InChI=1S/C13H10N6S/c1-2-4-9(5-3-1)11-15-13(20-18-11)12-17-16-10-8-14-6-7-19(10)12/h1-5,8H,6-7H2. The van der Waals surface area contributed by atoms with Crippen LogP contribution in [-0.4, -0.2) is 36.9 Å². The molecule has 0 saturated heterocycles. The molecule has 0 fully saturated rings. The topological polar surface area (TPSA) is 68.8 Å². The van der Waals surface area contributed by atoms with Crippen molar-refractivity contribution in [2.75, 3.05) is 6.54 Å². The van der Waals surface area contributed by atoms with Gasteiger partial charge in [-0.3, -0.25) is 4.99 Å². The van der Waals surface area contributed by atoms with E-state index in [2.05, 4.69) is 24.5 Å². The van der Waals surface area contributed by atoms with Crippen molar-refractivity contribution in [3.05, 3.63) is 36.2 Å². The molecular weight excluding hydrogens is 272 g/mol. The first-order valence-electron chi connectivity index (χ1n) is 6.24. The van der Waals surface area contributed by atoms with E-state index in [1.165, 1.54) is 11.5 Å². The summed E-state index contributed by atoms with van der Waals surface area (Å²) in [6, 6.07) is 9.93. The number of aliphatic imine (C=N–C) groups is 1. The third kappa shape index (κ3) is 1.83. The molecular formula is C13H10N6S. The van der Waals surface area contributed by atoms with Gasteiger partial charge in [-0.2, -0.15) is 4.37 Å². The van der Waals surface area contributed by atoms with E-state index in [0.29, 0.717) is 0 Å². The molecule has 0 saturated carbocycles. The Bertz CT molecular complexity index is 773. The summed E-state index contributed by atoms with van der Waals surface area (Å²) in [4.78, 5) is 8.77. The Kier molecular flexibility index (Phi) is 2.63. The fourth-order valence-electron chi connectivity index (χ4n) is 2.11. The first kappa shape index (κ1) is 11.4. The summed E-state index contributed by atoms with van der Waals surface area (Å²) in [7, 11) is 0. The van der Waals surface area contributed by atoms with Crippen LogP contribution in [0.4, 0.5) is 0 Å². The second-order valence-electron chi connectivity index (χ2n) is 4.36. The van der Waals surface area contributed by atoms with Crippen LogP contribution in [-0.2, 0) is 6.54 Å². The molecule has 1 aliphatic rings. The predicted octanol–water partition coefficient (Wildman–Crippen LogP) is 1.90. The van der Waals surface area contributed by atoms with Gasteiger partial charge in [-0.25, -0.2) is 4.98 Å². The lowest BCUT2D eigenvalue weighted by Crippen LogP contribution is -2.12. The molecule has 6 nitrogen and oxygen atoms in total. The number of benzene rings is 1. The lowest BCUT2D eigenvalue weighted by molar-refractivity contribution is 0.692. The smallest absolute Gasteiger partial charge is 0.195 e. The highest BCUT2D eigenvalue weighted by Crippen LogP contribution is 2.25. The third-order valence-electron chi connectivity index (χ3n) is 3.09. The molecule has 0 N–H and O–H groups in total. The van der Waals surface area contributed by atoms with Crippen molar-refractivity contribution in [3.8, 4) is 22.2 Å². The van der Waals surface area contributed by atoms with Crippen molar-refractivity contribution in [1.82, 2.24) is 24.1 Å². The second-order valence-corrected chi connectivity index (χ2v) is 5.11. The molecule has 4 rings (SSSR count). The fourth-order valence-corrected chi connectivity index (χ4v) is 2.79. The fraction of sp³-hybridized carbons (Fsp3) is 0.154. The van der Waals surface area contributed by atoms with Crippen LogP contribution in [0.5, 0.6) is 0 Å². The van der Waals surface area contributed by atoms with Crippen LogP contribution in [0.25, 0.3) is 22.2 Å². The highest BCUT2D eigenvalue weighted by atomic mass is 32.1. The van der Waals surface area contributed by atoms with Gasteiger partial charge < -0.3 is 4.57 Å². The number of hydrogen-bond donors (Lipinski definition) is 0. The number of rotatable bonds is 2. The molecule has 0 atom stereocenters. The van der Waals surface area contributed by atoms with E-state index < -0.39 is 0 Å². The number of fused-ring (bicyclic) bond motifs is 1. The summed E-state index contributed by atoms with van der Waals surface area (Å²) < 4.78 is 6.44. The lowest BCUT2D eigenvalue weighted by Gasteiger charge is -2.07. The van der Waals surface area contributed by atoms with Gasteiger partial charge in [0.2, 0.25) is 0 Å². The molecule has 0 bridgehead atoms. The maximum atomic E-state index is 4.57. The highest BCUT2D eigenvalue weighted by molar-refractivity contribution is 7.09. The van der Waals surface area contributed by atoms with Crippen molar-refractivity contribution < 1.29 is 0 Å². The minimum Gasteiger partial charge on any atom is -0.302 e. The van der Waals surface area contributed by atoms with Crippen molar-refractivity contribution in [3.63, 3.8) is 0 Å². The molecule has 0 radical (unpaired) electrons. The van der Waals surface area contributed by atoms with E-state index in [-0.39, 0.29) is 0 Å². The zero-order valence-corrected chi connectivity index (χ0v) is 11.3. The zero-order valence-electron chi connectivity index (χ0n) is 10.5. The second kappa shape index (κ2) is 4.61. The Morgan fingerprint density at radius 2 is 2.00 bits per heavy atom. The normalized spacial score (nSPS) is 13.4. The first-order chi connectivity index (χ1) is 9.92. The molecule has 7 heteroatoms. The van der Waals surface area contributed by atoms with Crippen LogP contribution in [0.2, 0.25) is 0 Å². The molecule has 1 aromatic carbocycles. The van der Waals surface area contributed by atoms with Gasteiger partial charge in [-0.1, -0.05) is 30.3 Å². The largest absolute Gasteiger partial charge is 0.302 e. The van der Waals surface area contributed by atoms with Gasteiger partial charge in [0, 0.05) is 12.1 Å². The van der Waals surface area contributed by atoms with E-state index in [1.807, 2.05) is 34.9 Å². The van der Waals surface area contributed by atoms with Gasteiger partial charge in [0.15, 0.2) is 22.5 Å². The number of hydrogen-bond acceptors (Lipinski definition) is 6. The van der Waals surface area contributed by atoms with Crippen LogP contribution in [0.15, 0.2) is 35.3 Å². The van der Waals surface area contributed by atoms with Crippen molar-refractivity contribution >= 4 is 17.7 Å². The first-order valence-corrected chi connectivity index (χ1v) is 7.02. The quantitative estimate of drug-likeness (QED) is 0.720. The van der Waals surface area contributed by atoms with Crippen LogP contribution >= 0.6 is 11.5 Å². The lowest BCUT2D eigenvalue weighted by atomic mass is 10.2. The van der Waals surface area contributed by atoms with Gasteiger partial charge in [-0.15, -0.1) is 10.2 Å².